The number of hydrogen-bond donors (Lipinski definition) is 0. The highest BCUT2D eigenvalue weighted by Gasteiger charge is 2.11. The van der Waals surface area contributed by atoms with E-state index in [0.29, 0.717) is 29.1 Å². The summed E-state index contributed by atoms with van der Waals surface area (Å²) in [5, 5.41) is 4.91. The average molecular weight is 399 g/mol. The van der Waals surface area contributed by atoms with Gasteiger partial charge in [0.15, 0.2) is 5.82 Å². The van der Waals surface area contributed by atoms with Gasteiger partial charge in [-0.3, -0.25) is 4.79 Å². The Labute approximate surface area is 174 Å². The largest absolute Gasteiger partial charge is 0.494 e. The van der Waals surface area contributed by atoms with E-state index in [1.807, 2.05) is 79.7 Å². The normalized spacial score (nSPS) is 11.1. The van der Waals surface area contributed by atoms with E-state index in [2.05, 4.69) is 10.1 Å². The molecular weight excluding hydrogens is 378 g/mol. The highest BCUT2D eigenvalue weighted by molar-refractivity contribution is 5.80. The number of ether oxygens (including phenoxy) is 2. The van der Waals surface area contributed by atoms with Crippen LogP contribution in [0.3, 0.4) is 0 Å². The molecule has 4 rings (SSSR count). The summed E-state index contributed by atoms with van der Waals surface area (Å²) in [6.45, 7) is 2.66. The first-order valence-electron chi connectivity index (χ1n) is 9.70. The first-order chi connectivity index (χ1) is 14.7. The van der Waals surface area contributed by atoms with Gasteiger partial charge in [-0.15, -0.1) is 0 Å². The van der Waals surface area contributed by atoms with E-state index in [1.165, 1.54) is 4.68 Å². The first kappa shape index (κ1) is 19.4. The van der Waals surface area contributed by atoms with E-state index in [1.54, 1.807) is 12.3 Å². The Hall–Kier alpha value is -3.93. The Kier molecular flexibility index (Phi) is 5.85. The van der Waals surface area contributed by atoms with Crippen LogP contribution < -0.4 is 15.0 Å². The van der Waals surface area contributed by atoms with Crippen LogP contribution in [-0.4, -0.2) is 22.5 Å². The summed E-state index contributed by atoms with van der Waals surface area (Å²) in [5.74, 6) is 1.91. The van der Waals surface area contributed by atoms with E-state index in [0.717, 1.165) is 11.3 Å². The number of hydrogen-bond acceptors (Lipinski definition) is 5. The Morgan fingerprint density at radius 2 is 1.60 bits per heavy atom. The van der Waals surface area contributed by atoms with Gasteiger partial charge < -0.3 is 9.47 Å². The van der Waals surface area contributed by atoms with Gasteiger partial charge in [-0.1, -0.05) is 30.3 Å². The molecular formula is C24H21N3O3. The van der Waals surface area contributed by atoms with Gasteiger partial charge in [-0.05, 0) is 61.0 Å². The van der Waals surface area contributed by atoms with Crippen molar-refractivity contribution in [2.75, 3.05) is 6.61 Å². The summed E-state index contributed by atoms with van der Waals surface area (Å²) in [4.78, 5) is 17.7. The molecule has 0 N–H and O–H groups in total. The second-order valence-corrected chi connectivity index (χ2v) is 6.51. The van der Waals surface area contributed by atoms with Crippen LogP contribution in [0.1, 0.15) is 18.3 Å². The highest BCUT2D eigenvalue weighted by atomic mass is 16.5. The van der Waals surface area contributed by atoms with Crippen molar-refractivity contribution < 1.29 is 9.47 Å². The maximum Gasteiger partial charge on any atom is 0.282 e. The first-order valence-corrected chi connectivity index (χ1v) is 9.70. The monoisotopic (exact) mass is 399 g/mol. The van der Waals surface area contributed by atoms with Gasteiger partial charge in [0.1, 0.15) is 18.1 Å². The maximum absolute atomic E-state index is 13.1. The molecule has 0 fully saturated rings. The van der Waals surface area contributed by atoms with Crippen LogP contribution in [0.4, 0.5) is 0 Å². The molecule has 150 valence electrons. The molecule has 0 radical (unpaired) electrons. The Morgan fingerprint density at radius 3 is 2.37 bits per heavy atom. The number of nitrogens with zero attached hydrogens (tertiary/aromatic N) is 3. The van der Waals surface area contributed by atoms with Crippen LogP contribution in [-0.2, 0) is 6.61 Å². The number of benzene rings is 3. The zero-order valence-corrected chi connectivity index (χ0v) is 16.6. The minimum absolute atomic E-state index is 0.116. The van der Waals surface area contributed by atoms with Crippen molar-refractivity contribution in [1.29, 1.82) is 0 Å². The summed E-state index contributed by atoms with van der Waals surface area (Å²) < 4.78 is 12.6. The van der Waals surface area contributed by atoms with E-state index < -0.39 is 0 Å². The second kappa shape index (κ2) is 9.05. The SMILES string of the molecule is CCOc1ccc(/C=N/n2c(COc3ccccc3)nc3ccccc3c2=O)cc1. The maximum atomic E-state index is 13.1. The van der Waals surface area contributed by atoms with Gasteiger partial charge in [-0.2, -0.15) is 9.78 Å². The molecule has 6 nitrogen and oxygen atoms in total. The predicted molar refractivity (Wildman–Crippen MR) is 117 cm³/mol. The van der Waals surface area contributed by atoms with E-state index >= 15 is 0 Å². The standard InChI is InChI=1S/C24H21N3O3/c1-2-29-20-14-12-18(13-15-20)16-25-27-23(17-30-19-8-4-3-5-9-19)26-22-11-7-6-10-21(22)24(27)28/h3-16H,2,17H2,1H3/b25-16+. The Balaban J connectivity index is 1.69. The molecule has 0 atom stereocenters. The van der Waals surface area contributed by atoms with Gasteiger partial charge in [0.25, 0.3) is 5.56 Å². The lowest BCUT2D eigenvalue weighted by Gasteiger charge is -2.10. The molecule has 0 spiro atoms. The van der Waals surface area contributed by atoms with Crippen LogP contribution >= 0.6 is 0 Å². The molecule has 0 unspecified atom stereocenters. The fourth-order valence-electron chi connectivity index (χ4n) is 2.99. The van der Waals surface area contributed by atoms with Gasteiger partial charge in [0, 0.05) is 0 Å². The molecule has 4 aromatic rings. The van der Waals surface area contributed by atoms with Gasteiger partial charge in [0.05, 0.1) is 23.7 Å². The van der Waals surface area contributed by atoms with Crippen molar-refractivity contribution in [3.05, 3.63) is 101 Å². The summed E-state index contributed by atoms with van der Waals surface area (Å²) in [6, 6.07) is 24.1. The predicted octanol–water partition coefficient (Wildman–Crippen LogP) is 4.26. The number of rotatable bonds is 7. The van der Waals surface area contributed by atoms with Crippen molar-refractivity contribution >= 4 is 17.1 Å². The minimum atomic E-state index is -0.241. The molecule has 3 aromatic carbocycles. The van der Waals surface area contributed by atoms with Gasteiger partial charge in [0.2, 0.25) is 0 Å². The fourth-order valence-corrected chi connectivity index (χ4v) is 2.99. The molecule has 0 aliphatic heterocycles. The molecule has 0 saturated carbocycles. The van der Waals surface area contributed by atoms with Gasteiger partial charge >= 0.3 is 0 Å². The highest BCUT2D eigenvalue weighted by Crippen LogP contribution is 2.14. The third kappa shape index (κ3) is 4.38. The van der Waals surface area contributed by atoms with Crippen LogP contribution in [0.2, 0.25) is 0 Å². The zero-order valence-electron chi connectivity index (χ0n) is 16.6. The summed E-state index contributed by atoms with van der Waals surface area (Å²) in [6.07, 6.45) is 1.62. The Bertz CT molecular complexity index is 1220. The number of para-hydroxylation sites is 2. The summed E-state index contributed by atoms with van der Waals surface area (Å²) in [5.41, 5.74) is 1.21. The third-order valence-corrected chi connectivity index (χ3v) is 4.45. The van der Waals surface area contributed by atoms with Gasteiger partial charge in [-0.25, -0.2) is 4.98 Å². The molecule has 0 amide bonds. The fraction of sp³-hybridized carbons (Fsp3) is 0.125. The van der Waals surface area contributed by atoms with E-state index in [4.69, 9.17) is 9.47 Å². The van der Waals surface area contributed by atoms with Crippen molar-refractivity contribution in [1.82, 2.24) is 9.66 Å². The molecule has 1 aromatic heterocycles. The smallest absolute Gasteiger partial charge is 0.282 e. The molecule has 0 aliphatic carbocycles. The lowest BCUT2D eigenvalue weighted by Crippen LogP contribution is -2.23. The minimum Gasteiger partial charge on any atom is -0.494 e. The second-order valence-electron chi connectivity index (χ2n) is 6.51. The molecule has 0 bridgehead atoms. The van der Waals surface area contributed by atoms with Crippen molar-refractivity contribution in [2.24, 2.45) is 5.10 Å². The topological polar surface area (TPSA) is 65.7 Å². The van der Waals surface area contributed by atoms with Crippen molar-refractivity contribution in [2.45, 2.75) is 13.5 Å². The van der Waals surface area contributed by atoms with Crippen LogP contribution in [0.25, 0.3) is 10.9 Å². The van der Waals surface area contributed by atoms with E-state index in [9.17, 15) is 4.79 Å². The third-order valence-electron chi connectivity index (χ3n) is 4.45. The van der Waals surface area contributed by atoms with Crippen molar-refractivity contribution in [3.8, 4) is 11.5 Å². The molecule has 0 aliphatic rings. The molecule has 30 heavy (non-hydrogen) atoms. The number of aromatic nitrogens is 2. The summed E-state index contributed by atoms with van der Waals surface area (Å²) >= 11 is 0. The van der Waals surface area contributed by atoms with E-state index in [-0.39, 0.29) is 12.2 Å². The summed E-state index contributed by atoms with van der Waals surface area (Å²) in [7, 11) is 0. The lowest BCUT2D eigenvalue weighted by molar-refractivity contribution is 0.289. The quantitative estimate of drug-likeness (QED) is 0.436. The Morgan fingerprint density at radius 1 is 0.900 bits per heavy atom. The number of fused-ring (bicyclic) bond motifs is 1. The average Bonchev–Trinajstić information content (AvgIpc) is 2.79. The van der Waals surface area contributed by atoms with Crippen LogP contribution in [0.5, 0.6) is 11.5 Å². The molecule has 6 heteroatoms. The zero-order chi connectivity index (χ0) is 20.8. The van der Waals surface area contributed by atoms with Crippen LogP contribution in [0, 0.1) is 0 Å². The van der Waals surface area contributed by atoms with Crippen molar-refractivity contribution in [3.63, 3.8) is 0 Å². The lowest BCUT2D eigenvalue weighted by atomic mass is 10.2. The van der Waals surface area contributed by atoms with Crippen LogP contribution in [0.15, 0.2) is 88.8 Å². The molecule has 1 heterocycles. The molecule has 0 saturated heterocycles.